The number of likely N-dealkylation sites (tertiary alicyclic amines) is 1. The van der Waals surface area contributed by atoms with Crippen molar-refractivity contribution in [2.24, 2.45) is 5.92 Å². The number of hydrogen-bond donors (Lipinski definition) is 0. The van der Waals surface area contributed by atoms with Crippen LogP contribution in [0.25, 0.3) is 0 Å². The second kappa shape index (κ2) is 7.98. The zero-order chi connectivity index (χ0) is 17.7. The quantitative estimate of drug-likeness (QED) is 0.588. The van der Waals surface area contributed by atoms with E-state index >= 15 is 0 Å². The van der Waals surface area contributed by atoms with Crippen LogP contribution >= 0.6 is 11.6 Å². The minimum Gasteiger partial charge on any atom is -0.439 e. The van der Waals surface area contributed by atoms with Crippen molar-refractivity contribution < 1.29 is 27.5 Å². The van der Waals surface area contributed by atoms with Crippen LogP contribution in [0, 0.1) is 5.92 Å². The molecule has 24 heavy (non-hydrogen) atoms. The van der Waals surface area contributed by atoms with E-state index in [0.29, 0.717) is 24.9 Å². The molecule has 1 aliphatic heterocycles. The molecule has 0 bridgehead atoms. The number of benzene rings is 1. The highest BCUT2D eigenvalue weighted by atomic mass is 35.5. The number of carbonyl (C=O) groups is 2. The SMILES string of the molecule is O=C(Cl)OC(CN1CCCC(C(=O)c2ccccc2)C1)C(F)(F)F. The third kappa shape index (κ3) is 5.21. The molecule has 1 aromatic carbocycles. The molecular formula is C16H17ClF3NO3. The van der Waals surface area contributed by atoms with Gasteiger partial charge in [0.1, 0.15) is 0 Å². The Kier molecular flexibility index (Phi) is 6.23. The van der Waals surface area contributed by atoms with E-state index in [9.17, 15) is 22.8 Å². The molecule has 0 amide bonds. The summed E-state index contributed by atoms with van der Waals surface area (Å²) in [6.45, 7) is 0.0751. The molecule has 2 atom stereocenters. The second-order valence-electron chi connectivity index (χ2n) is 5.71. The smallest absolute Gasteiger partial charge is 0.426 e. The molecule has 2 unspecified atom stereocenters. The lowest BCUT2D eigenvalue weighted by Gasteiger charge is -2.34. The first kappa shape index (κ1) is 18.7. The van der Waals surface area contributed by atoms with Gasteiger partial charge in [-0.05, 0) is 19.4 Å². The number of hydrogen-bond acceptors (Lipinski definition) is 4. The van der Waals surface area contributed by atoms with Gasteiger partial charge in [-0.2, -0.15) is 13.2 Å². The highest BCUT2D eigenvalue weighted by Gasteiger charge is 2.44. The Morgan fingerprint density at radius 2 is 1.96 bits per heavy atom. The lowest BCUT2D eigenvalue weighted by molar-refractivity contribution is -0.206. The summed E-state index contributed by atoms with van der Waals surface area (Å²) in [5.74, 6) is -0.458. The number of ketones is 1. The van der Waals surface area contributed by atoms with Crippen LogP contribution in [0.4, 0.5) is 18.0 Å². The van der Waals surface area contributed by atoms with Gasteiger partial charge in [-0.3, -0.25) is 9.69 Å². The van der Waals surface area contributed by atoms with Crippen molar-refractivity contribution in [2.75, 3.05) is 19.6 Å². The predicted octanol–water partition coefficient (Wildman–Crippen LogP) is 3.89. The van der Waals surface area contributed by atoms with E-state index in [1.807, 2.05) is 0 Å². The number of halogens is 4. The number of nitrogens with zero attached hydrogens (tertiary/aromatic N) is 1. The van der Waals surface area contributed by atoms with Crippen molar-refractivity contribution in [2.45, 2.75) is 25.1 Å². The Labute approximate surface area is 142 Å². The maximum absolute atomic E-state index is 12.9. The molecule has 1 saturated heterocycles. The number of Topliss-reactive ketones (excluding diaryl/α,β-unsaturated/α-hetero) is 1. The van der Waals surface area contributed by atoms with E-state index in [-0.39, 0.29) is 18.2 Å². The van der Waals surface area contributed by atoms with Crippen LogP contribution in [0.15, 0.2) is 30.3 Å². The maximum atomic E-state index is 12.9. The van der Waals surface area contributed by atoms with Gasteiger partial charge in [-0.1, -0.05) is 30.3 Å². The van der Waals surface area contributed by atoms with E-state index in [4.69, 9.17) is 11.6 Å². The van der Waals surface area contributed by atoms with Gasteiger partial charge in [0.05, 0.1) is 0 Å². The first-order valence-electron chi connectivity index (χ1n) is 7.52. The summed E-state index contributed by atoms with van der Waals surface area (Å²) in [7, 11) is 0. The normalized spacial score (nSPS) is 20.4. The van der Waals surface area contributed by atoms with Crippen molar-refractivity contribution in [1.82, 2.24) is 4.90 Å². The highest BCUT2D eigenvalue weighted by molar-refractivity contribution is 6.61. The molecule has 0 saturated carbocycles. The first-order valence-corrected chi connectivity index (χ1v) is 7.89. The summed E-state index contributed by atoms with van der Waals surface area (Å²) in [6, 6.07) is 8.66. The van der Waals surface area contributed by atoms with Crippen LogP contribution in [-0.4, -0.2) is 48.0 Å². The average molecular weight is 364 g/mol. The molecule has 0 radical (unpaired) electrons. The Bertz CT molecular complexity index is 580. The van der Waals surface area contributed by atoms with Crippen LogP contribution in [0.1, 0.15) is 23.2 Å². The van der Waals surface area contributed by atoms with Crippen LogP contribution in [0.2, 0.25) is 0 Å². The Morgan fingerprint density at radius 1 is 1.29 bits per heavy atom. The third-order valence-electron chi connectivity index (χ3n) is 3.96. The van der Waals surface area contributed by atoms with Gasteiger partial charge in [-0.25, -0.2) is 4.79 Å². The summed E-state index contributed by atoms with van der Waals surface area (Å²) < 4.78 is 43.0. The van der Waals surface area contributed by atoms with Gasteiger partial charge in [0.2, 0.25) is 6.10 Å². The number of ether oxygens (including phenoxy) is 1. The van der Waals surface area contributed by atoms with Crippen LogP contribution < -0.4 is 0 Å². The lowest BCUT2D eigenvalue weighted by atomic mass is 9.90. The molecule has 132 valence electrons. The fourth-order valence-electron chi connectivity index (χ4n) is 2.83. The van der Waals surface area contributed by atoms with E-state index in [1.165, 1.54) is 4.90 Å². The largest absolute Gasteiger partial charge is 0.439 e. The van der Waals surface area contributed by atoms with Gasteiger partial charge in [-0.15, -0.1) is 0 Å². The first-order chi connectivity index (χ1) is 11.3. The van der Waals surface area contributed by atoms with Crippen molar-refractivity contribution in [1.29, 1.82) is 0 Å². The van der Waals surface area contributed by atoms with Crippen molar-refractivity contribution in [3.8, 4) is 0 Å². The van der Waals surface area contributed by atoms with E-state index in [2.05, 4.69) is 4.74 Å². The molecular weight excluding hydrogens is 347 g/mol. The summed E-state index contributed by atoms with van der Waals surface area (Å²) >= 11 is 4.92. The molecule has 1 heterocycles. The monoisotopic (exact) mass is 363 g/mol. The molecule has 0 N–H and O–H groups in total. The Morgan fingerprint density at radius 3 is 2.54 bits per heavy atom. The number of carbonyl (C=O) groups excluding carboxylic acids is 2. The fourth-order valence-corrected chi connectivity index (χ4v) is 2.93. The molecule has 4 nitrogen and oxygen atoms in total. The molecule has 1 aromatic rings. The molecule has 2 rings (SSSR count). The van der Waals surface area contributed by atoms with Crippen molar-refractivity contribution >= 4 is 22.8 Å². The topological polar surface area (TPSA) is 46.6 Å². The van der Waals surface area contributed by atoms with Crippen molar-refractivity contribution in [3.63, 3.8) is 0 Å². The zero-order valence-electron chi connectivity index (χ0n) is 12.8. The van der Waals surface area contributed by atoms with Crippen molar-refractivity contribution in [3.05, 3.63) is 35.9 Å². The average Bonchev–Trinajstić information content (AvgIpc) is 2.53. The molecule has 0 aromatic heterocycles. The molecule has 0 aliphatic carbocycles. The summed E-state index contributed by atoms with van der Waals surface area (Å²) in [6.07, 6.45) is -5.78. The summed E-state index contributed by atoms with van der Waals surface area (Å²) in [5, 5.41) is 0. The molecule has 0 spiro atoms. The van der Waals surface area contributed by atoms with Gasteiger partial charge >= 0.3 is 11.6 Å². The third-order valence-corrected chi connectivity index (χ3v) is 4.05. The molecule has 1 aliphatic rings. The number of piperidine rings is 1. The number of alkyl halides is 3. The fraction of sp³-hybridized carbons (Fsp3) is 0.500. The minimum atomic E-state index is -4.71. The van der Waals surface area contributed by atoms with Crippen LogP contribution in [-0.2, 0) is 4.74 Å². The molecule has 8 heteroatoms. The van der Waals surface area contributed by atoms with Crippen LogP contribution in [0.5, 0.6) is 0 Å². The van der Waals surface area contributed by atoms with E-state index in [1.54, 1.807) is 30.3 Å². The van der Waals surface area contributed by atoms with Gasteiger partial charge < -0.3 is 4.74 Å². The summed E-state index contributed by atoms with van der Waals surface area (Å²) in [5.41, 5.74) is -0.949. The predicted molar refractivity (Wildman–Crippen MR) is 82.1 cm³/mol. The minimum absolute atomic E-state index is 0.0850. The van der Waals surface area contributed by atoms with Gasteiger partial charge in [0.25, 0.3) is 0 Å². The second-order valence-corrected chi connectivity index (χ2v) is 6.02. The Balaban J connectivity index is 2.01. The highest BCUT2D eigenvalue weighted by Crippen LogP contribution is 2.27. The van der Waals surface area contributed by atoms with E-state index < -0.39 is 24.3 Å². The lowest BCUT2D eigenvalue weighted by Crippen LogP contribution is -2.47. The maximum Gasteiger partial charge on any atom is 0.426 e. The zero-order valence-corrected chi connectivity index (χ0v) is 13.5. The molecule has 1 fully saturated rings. The van der Waals surface area contributed by atoms with Gasteiger partial charge in [0, 0.05) is 36.2 Å². The summed E-state index contributed by atoms with van der Waals surface area (Å²) in [4.78, 5) is 24.6. The Hall–Kier alpha value is -1.60. The standard InChI is InChI=1S/C16H17ClF3NO3/c17-15(23)24-13(16(18,19)20)10-21-8-4-7-12(9-21)14(22)11-5-2-1-3-6-11/h1-3,5-6,12-13H,4,7-10H2. The van der Waals surface area contributed by atoms with E-state index in [0.717, 1.165) is 0 Å². The van der Waals surface area contributed by atoms with Gasteiger partial charge in [0.15, 0.2) is 5.78 Å². The van der Waals surface area contributed by atoms with Crippen LogP contribution in [0.3, 0.4) is 0 Å². The number of rotatable bonds is 5.